The minimum absolute atomic E-state index is 0.130. The number of aliphatic hydroxyl groups is 1. The van der Waals surface area contributed by atoms with Crippen LogP contribution in [-0.2, 0) is 11.3 Å². The van der Waals surface area contributed by atoms with Crippen LogP contribution in [0.1, 0.15) is 12.6 Å². The second-order valence-electron chi connectivity index (χ2n) is 5.81. The molecule has 0 aliphatic heterocycles. The Morgan fingerprint density at radius 1 is 1.29 bits per heavy atom. The summed E-state index contributed by atoms with van der Waals surface area (Å²) in [6, 6.07) is 12.3. The molecule has 0 spiro atoms. The van der Waals surface area contributed by atoms with Crippen LogP contribution in [0.5, 0.6) is 0 Å². The highest BCUT2D eigenvalue weighted by Gasteiger charge is 2.32. The van der Waals surface area contributed by atoms with Gasteiger partial charge in [0.25, 0.3) is 11.5 Å². The number of carbonyl (C=O) groups excluding carboxylic acids is 1. The largest absolute Gasteiger partial charge is 0.378 e. The molecule has 3 aromatic rings. The van der Waals surface area contributed by atoms with Crippen molar-refractivity contribution >= 4 is 32.6 Å². The van der Waals surface area contributed by atoms with E-state index >= 15 is 0 Å². The molecule has 3 rings (SSSR count). The number of aromatic nitrogens is 2. The monoisotopic (exact) mass is 343 g/mol. The van der Waals surface area contributed by atoms with Crippen molar-refractivity contribution in [1.29, 1.82) is 0 Å². The van der Waals surface area contributed by atoms with Crippen molar-refractivity contribution in [1.82, 2.24) is 9.55 Å². The molecule has 0 bridgehead atoms. The first-order valence-corrected chi connectivity index (χ1v) is 8.24. The molecule has 124 valence electrons. The topological polar surface area (TPSA) is 84.2 Å². The number of rotatable bonds is 4. The van der Waals surface area contributed by atoms with Crippen LogP contribution in [0.25, 0.3) is 10.2 Å². The van der Waals surface area contributed by atoms with Crippen LogP contribution in [0.15, 0.2) is 47.3 Å². The summed E-state index contributed by atoms with van der Waals surface area (Å²) in [7, 11) is 0. The minimum Gasteiger partial charge on any atom is -0.378 e. The maximum Gasteiger partial charge on any atom is 0.259 e. The highest BCUT2D eigenvalue weighted by molar-refractivity contribution is 7.22. The van der Waals surface area contributed by atoms with Crippen LogP contribution in [0.2, 0.25) is 0 Å². The zero-order valence-electron chi connectivity index (χ0n) is 13.3. The van der Waals surface area contributed by atoms with Gasteiger partial charge in [-0.05, 0) is 32.0 Å². The number of pyridine rings is 1. The molecule has 0 aliphatic rings. The predicted molar refractivity (Wildman–Crippen MR) is 94.3 cm³/mol. The molecule has 7 heteroatoms. The number of fused-ring (bicyclic) bond motifs is 1. The number of carbonyl (C=O) groups is 1. The first kappa shape index (κ1) is 16.4. The fraction of sp³-hybridized carbons (Fsp3) is 0.235. The average Bonchev–Trinajstić information content (AvgIpc) is 2.93. The van der Waals surface area contributed by atoms with E-state index in [4.69, 9.17) is 0 Å². The third kappa shape index (κ3) is 3.22. The summed E-state index contributed by atoms with van der Waals surface area (Å²) in [5, 5.41) is 13.6. The third-order valence-electron chi connectivity index (χ3n) is 3.74. The number of nitrogens with zero attached hydrogens (tertiary/aromatic N) is 2. The highest BCUT2D eigenvalue weighted by Crippen LogP contribution is 2.26. The van der Waals surface area contributed by atoms with Crippen molar-refractivity contribution in [3.63, 3.8) is 0 Å². The highest BCUT2D eigenvalue weighted by atomic mass is 32.1. The molecule has 0 radical (unpaired) electrons. The van der Waals surface area contributed by atoms with Gasteiger partial charge in [0.1, 0.15) is 0 Å². The zero-order chi connectivity index (χ0) is 17.3. The van der Waals surface area contributed by atoms with Crippen LogP contribution >= 0.6 is 11.3 Å². The maximum absolute atomic E-state index is 12.4. The lowest BCUT2D eigenvalue weighted by Gasteiger charge is -2.23. The molecular weight excluding hydrogens is 326 g/mol. The quantitative estimate of drug-likeness (QED) is 0.760. The minimum atomic E-state index is -1.74. The van der Waals surface area contributed by atoms with Crippen LogP contribution in [-0.4, -0.2) is 26.2 Å². The van der Waals surface area contributed by atoms with Gasteiger partial charge in [0, 0.05) is 11.8 Å². The Hall–Kier alpha value is -2.51. The van der Waals surface area contributed by atoms with Crippen LogP contribution in [0, 0.1) is 6.92 Å². The van der Waals surface area contributed by atoms with Crippen LogP contribution in [0.3, 0.4) is 0 Å². The van der Waals surface area contributed by atoms with E-state index in [2.05, 4.69) is 10.3 Å². The first-order valence-electron chi connectivity index (χ1n) is 7.43. The maximum atomic E-state index is 12.4. The first-order chi connectivity index (χ1) is 11.4. The van der Waals surface area contributed by atoms with Crippen LogP contribution < -0.4 is 10.9 Å². The average molecular weight is 343 g/mol. The number of aryl methyl sites for hydroxylation is 1. The van der Waals surface area contributed by atoms with Gasteiger partial charge in [-0.1, -0.05) is 29.5 Å². The number of benzene rings is 1. The van der Waals surface area contributed by atoms with Gasteiger partial charge in [-0.3, -0.25) is 14.9 Å². The van der Waals surface area contributed by atoms with Gasteiger partial charge in [-0.15, -0.1) is 0 Å². The number of amides is 1. The molecule has 24 heavy (non-hydrogen) atoms. The molecule has 1 amide bonds. The molecule has 0 saturated carbocycles. The van der Waals surface area contributed by atoms with E-state index in [1.165, 1.54) is 28.9 Å². The number of para-hydroxylation sites is 1. The summed E-state index contributed by atoms with van der Waals surface area (Å²) in [6.45, 7) is 3.01. The standard InChI is InChI=1S/C17H17N3O3S/c1-11-6-5-9-14(21)20(11)10-17(2,23)15(22)19-16-18-12-7-3-4-8-13(12)24-16/h3-9,23H,10H2,1-2H3,(H,18,19,22)/t17-/m1/s1. The molecule has 2 aromatic heterocycles. The molecule has 2 N–H and O–H groups in total. The number of anilines is 1. The number of thiazole rings is 1. The van der Waals surface area contributed by atoms with E-state index in [0.717, 1.165) is 10.2 Å². The number of hydrogen-bond acceptors (Lipinski definition) is 5. The van der Waals surface area contributed by atoms with E-state index in [-0.39, 0.29) is 12.1 Å². The number of nitrogens with one attached hydrogen (secondary N) is 1. The van der Waals surface area contributed by atoms with Crippen molar-refractivity contribution in [2.24, 2.45) is 0 Å². The van der Waals surface area contributed by atoms with Gasteiger partial charge in [0.2, 0.25) is 0 Å². The summed E-state index contributed by atoms with van der Waals surface area (Å²) in [4.78, 5) is 28.7. The molecular formula is C17H17N3O3S. The van der Waals surface area contributed by atoms with Gasteiger partial charge < -0.3 is 9.67 Å². The van der Waals surface area contributed by atoms with Crippen molar-refractivity contribution in [3.05, 3.63) is 58.5 Å². The Kier molecular flexibility index (Phi) is 4.21. The fourth-order valence-electron chi connectivity index (χ4n) is 2.36. The molecule has 0 saturated heterocycles. The summed E-state index contributed by atoms with van der Waals surface area (Å²) < 4.78 is 2.32. The normalized spacial score (nSPS) is 13.6. The summed E-state index contributed by atoms with van der Waals surface area (Å²) in [6.07, 6.45) is 0. The Bertz CT molecular complexity index is 926. The van der Waals surface area contributed by atoms with Crippen molar-refractivity contribution < 1.29 is 9.90 Å². The molecule has 1 atom stereocenters. The fourth-order valence-corrected chi connectivity index (χ4v) is 3.22. The van der Waals surface area contributed by atoms with Gasteiger partial charge in [-0.2, -0.15) is 0 Å². The van der Waals surface area contributed by atoms with E-state index < -0.39 is 11.5 Å². The Balaban J connectivity index is 1.81. The van der Waals surface area contributed by atoms with Gasteiger partial charge in [0.05, 0.1) is 16.8 Å². The summed E-state index contributed by atoms with van der Waals surface area (Å²) in [5.74, 6) is -0.600. The van der Waals surface area contributed by atoms with Gasteiger partial charge >= 0.3 is 0 Å². The number of hydrogen-bond donors (Lipinski definition) is 2. The Morgan fingerprint density at radius 3 is 2.75 bits per heavy atom. The zero-order valence-corrected chi connectivity index (χ0v) is 14.1. The lowest BCUT2D eigenvalue weighted by molar-refractivity contribution is -0.133. The molecule has 1 aromatic carbocycles. The van der Waals surface area contributed by atoms with Gasteiger partial charge in [0.15, 0.2) is 10.7 Å². The second-order valence-corrected chi connectivity index (χ2v) is 6.84. The molecule has 2 heterocycles. The van der Waals surface area contributed by atoms with Crippen molar-refractivity contribution in [2.75, 3.05) is 5.32 Å². The van der Waals surface area contributed by atoms with E-state index in [0.29, 0.717) is 10.8 Å². The smallest absolute Gasteiger partial charge is 0.259 e. The molecule has 0 fully saturated rings. The Morgan fingerprint density at radius 2 is 2.04 bits per heavy atom. The lowest BCUT2D eigenvalue weighted by Crippen LogP contribution is -2.46. The van der Waals surface area contributed by atoms with Crippen molar-refractivity contribution in [2.45, 2.75) is 26.0 Å². The lowest BCUT2D eigenvalue weighted by atomic mass is 10.1. The Labute approximate surface area is 142 Å². The third-order valence-corrected chi connectivity index (χ3v) is 4.69. The second kappa shape index (κ2) is 6.18. The molecule has 0 unspecified atom stereocenters. The van der Waals surface area contributed by atoms with Crippen LogP contribution in [0.4, 0.5) is 5.13 Å². The summed E-state index contributed by atoms with van der Waals surface area (Å²) in [5.41, 5.74) is -0.542. The predicted octanol–water partition coefficient (Wildman–Crippen LogP) is 2.16. The van der Waals surface area contributed by atoms with E-state index in [9.17, 15) is 14.7 Å². The SMILES string of the molecule is Cc1cccc(=O)n1C[C@@](C)(O)C(=O)Nc1nc2ccccc2s1. The van der Waals surface area contributed by atoms with E-state index in [1.54, 1.807) is 19.1 Å². The molecule has 6 nitrogen and oxygen atoms in total. The molecule has 0 aliphatic carbocycles. The van der Waals surface area contributed by atoms with Gasteiger partial charge in [-0.25, -0.2) is 4.98 Å². The summed E-state index contributed by atoms with van der Waals surface area (Å²) >= 11 is 1.33. The van der Waals surface area contributed by atoms with Crippen molar-refractivity contribution in [3.8, 4) is 0 Å². The van der Waals surface area contributed by atoms with E-state index in [1.807, 2.05) is 24.3 Å².